The van der Waals surface area contributed by atoms with Gasteiger partial charge in [0.05, 0.1) is 6.54 Å². The first kappa shape index (κ1) is 18.4. The molecule has 1 heterocycles. The van der Waals surface area contributed by atoms with Gasteiger partial charge in [-0.05, 0) is 37.6 Å². The molecule has 0 radical (unpaired) electrons. The van der Waals surface area contributed by atoms with E-state index in [0.29, 0.717) is 13.1 Å². The molecule has 0 unspecified atom stereocenters. The van der Waals surface area contributed by atoms with Crippen LogP contribution in [-0.2, 0) is 14.9 Å². The minimum absolute atomic E-state index is 0. The molecule has 2 rings (SSSR count). The number of likely N-dealkylation sites (N-methyl/N-ethyl adjacent to an activating group) is 1. The van der Waals surface area contributed by atoms with Gasteiger partial charge in [0.2, 0.25) is 5.91 Å². The fraction of sp³-hybridized carbons (Fsp3) is 0.533. The van der Waals surface area contributed by atoms with Crippen LogP contribution in [0.15, 0.2) is 28.7 Å². The van der Waals surface area contributed by atoms with E-state index in [0.717, 1.165) is 30.5 Å². The van der Waals surface area contributed by atoms with Crippen LogP contribution in [0.2, 0.25) is 0 Å². The molecule has 4 nitrogen and oxygen atoms in total. The summed E-state index contributed by atoms with van der Waals surface area (Å²) in [6.45, 7) is 2.50. The molecule has 21 heavy (non-hydrogen) atoms. The molecular formula is C15H22BrClN2O2. The number of amides is 1. The van der Waals surface area contributed by atoms with E-state index in [1.165, 1.54) is 5.56 Å². The van der Waals surface area contributed by atoms with E-state index in [9.17, 15) is 4.79 Å². The molecule has 2 N–H and O–H groups in total. The zero-order valence-electron chi connectivity index (χ0n) is 12.2. The average molecular weight is 378 g/mol. The lowest BCUT2D eigenvalue weighted by Gasteiger charge is -2.38. The van der Waals surface area contributed by atoms with Gasteiger partial charge in [-0.1, -0.05) is 28.1 Å². The summed E-state index contributed by atoms with van der Waals surface area (Å²) < 4.78 is 6.57. The molecule has 0 spiro atoms. The second-order valence-electron chi connectivity index (χ2n) is 5.21. The van der Waals surface area contributed by atoms with Gasteiger partial charge in [0, 0.05) is 29.6 Å². The van der Waals surface area contributed by atoms with Crippen LogP contribution in [0.1, 0.15) is 18.4 Å². The van der Waals surface area contributed by atoms with Gasteiger partial charge in [0.1, 0.15) is 0 Å². The maximum atomic E-state index is 11.7. The molecule has 1 saturated heterocycles. The van der Waals surface area contributed by atoms with Crippen molar-refractivity contribution in [2.24, 2.45) is 0 Å². The van der Waals surface area contributed by atoms with Crippen LogP contribution in [0.5, 0.6) is 0 Å². The third kappa shape index (κ3) is 4.95. The fourth-order valence-electron chi connectivity index (χ4n) is 2.64. The first-order valence-electron chi connectivity index (χ1n) is 6.91. The van der Waals surface area contributed by atoms with Crippen LogP contribution >= 0.6 is 28.3 Å². The first-order chi connectivity index (χ1) is 9.66. The van der Waals surface area contributed by atoms with Crippen LogP contribution in [0.4, 0.5) is 0 Å². The Hall–Kier alpha value is -0.620. The van der Waals surface area contributed by atoms with Gasteiger partial charge >= 0.3 is 0 Å². The Bertz CT molecular complexity index is 465. The number of hydrogen-bond acceptors (Lipinski definition) is 3. The summed E-state index contributed by atoms with van der Waals surface area (Å²) in [6, 6.07) is 8.36. The van der Waals surface area contributed by atoms with Crippen molar-refractivity contribution in [1.82, 2.24) is 10.6 Å². The number of benzene rings is 1. The Kier molecular flexibility index (Phi) is 7.66. The molecule has 1 amide bonds. The van der Waals surface area contributed by atoms with Crippen LogP contribution in [0.25, 0.3) is 0 Å². The van der Waals surface area contributed by atoms with Crippen molar-refractivity contribution in [3.63, 3.8) is 0 Å². The summed E-state index contributed by atoms with van der Waals surface area (Å²) in [7, 11) is 1.78. The van der Waals surface area contributed by atoms with Crippen molar-refractivity contribution in [1.29, 1.82) is 0 Å². The third-order valence-electron chi connectivity index (χ3n) is 3.85. The number of halogens is 2. The molecule has 1 aliphatic rings. The minimum atomic E-state index is -0.0224. The van der Waals surface area contributed by atoms with Crippen LogP contribution in [0.3, 0.4) is 0 Å². The second-order valence-corrected chi connectivity index (χ2v) is 6.13. The highest BCUT2D eigenvalue weighted by Gasteiger charge is 2.34. The molecule has 0 aromatic heterocycles. The topological polar surface area (TPSA) is 50.4 Å². The molecule has 0 aliphatic carbocycles. The highest BCUT2D eigenvalue weighted by atomic mass is 79.9. The van der Waals surface area contributed by atoms with E-state index >= 15 is 0 Å². The first-order valence-corrected chi connectivity index (χ1v) is 7.71. The smallest absolute Gasteiger partial charge is 0.233 e. The monoisotopic (exact) mass is 376 g/mol. The summed E-state index contributed by atoms with van der Waals surface area (Å²) in [5.74, 6) is 0.0355. The Morgan fingerprint density at radius 3 is 2.71 bits per heavy atom. The van der Waals surface area contributed by atoms with Crippen molar-refractivity contribution >= 4 is 34.2 Å². The quantitative estimate of drug-likeness (QED) is 0.827. The van der Waals surface area contributed by atoms with Gasteiger partial charge in [-0.15, -0.1) is 12.4 Å². The summed E-state index contributed by atoms with van der Waals surface area (Å²) >= 11 is 3.53. The van der Waals surface area contributed by atoms with Gasteiger partial charge in [0.25, 0.3) is 0 Å². The maximum Gasteiger partial charge on any atom is 0.233 e. The Balaban J connectivity index is 0.00000220. The van der Waals surface area contributed by atoms with Crippen molar-refractivity contribution < 1.29 is 9.53 Å². The number of rotatable bonds is 5. The lowest BCUT2D eigenvalue weighted by molar-refractivity contribution is -0.120. The number of hydrogen-bond donors (Lipinski definition) is 2. The minimum Gasteiger partial charge on any atom is -0.381 e. The van der Waals surface area contributed by atoms with Crippen LogP contribution in [0, 0.1) is 0 Å². The predicted molar refractivity (Wildman–Crippen MR) is 90.1 cm³/mol. The standard InChI is InChI=1S/C15H21BrN2O2.ClH/c1-17-10-14(19)18-11-15(5-7-20-8-6-15)12-3-2-4-13(16)9-12;/h2-4,9,17H,5-8,10-11H2,1H3,(H,18,19);1H. The Morgan fingerprint density at radius 1 is 1.38 bits per heavy atom. The number of nitrogens with one attached hydrogen (secondary N) is 2. The van der Waals surface area contributed by atoms with Gasteiger partial charge in [-0.2, -0.15) is 0 Å². The molecule has 6 heteroatoms. The summed E-state index contributed by atoms with van der Waals surface area (Å²) in [5, 5.41) is 5.91. The van der Waals surface area contributed by atoms with Gasteiger partial charge in [-0.25, -0.2) is 0 Å². The zero-order chi connectivity index (χ0) is 14.4. The molecule has 1 fully saturated rings. The number of carbonyl (C=O) groups is 1. The fourth-order valence-corrected chi connectivity index (χ4v) is 3.04. The molecule has 0 atom stereocenters. The van der Waals surface area contributed by atoms with Crippen molar-refractivity contribution in [2.45, 2.75) is 18.3 Å². The van der Waals surface area contributed by atoms with E-state index in [1.807, 2.05) is 12.1 Å². The van der Waals surface area contributed by atoms with Gasteiger partial charge < -0.3 is 15.4 Å². The Labute approximate surface area is 140 Å². The normalized spacial score (nSPS) is 16.9. The average Bonchev–Trinajstić information content (AvgIpc) is 2.46. The largest absolute Gasteiger partial charge is 0.381 e. The maximum absolute atomic E-state index is 11.7. The van der Waals surface area contributed by atoms with Crippen LogP contribution in [-0.4, -0.2) is 39.3 Å². The van der Waals surface area contributed by atoms with E-state index in [2.05, 4.69) is 38.7 Å². The van der Waals surface area contributed by atoms with E-state index in [4.69, 9.17) is 4.74 Å². The van der Waals surface area contributed by atoms with E-state index in [1.54, 1.807) is 7.05 Å². The Morgan fingerprint density at radius 2 is 2.10 bits per heavy atom. The molecule has 1 aromatic rings. The lowest BCUT2D eigenvalue weighted by Crippen LogP contribution is -2.46. The summed E-state index contributed by atoms with van der Waals surface area (Å²) in [5.41, 5.74) is 1.24. The van der Waals surface area contributed by atoms with Crippen molar-refractivity contribution in [3.8, 4) is 0 Å². The predicted octanol–water partition coefficient (Wildman–Crippen LogP) is 2.25. The second kappa shape index (κ2) is 8.73. The van der Waals surface area contributed by atoms with Crippen molar-refractivity contribution in [2.75, 3.05) is 33.4 Å². The SMILES string of the molecule is CNCC(=O)NCC1(c2cccc(Br)c2)CCOCC1.Cl. The molecule has 0 saturated carbocycles. The molecule has 0 bridgehead atoms. The molecular weight excluding hydrogens is 356 g/mol. The molecule has 1 aliphatic heterocycles. The number of ether oxygens (including phenoxy) is 1. The van der Waals surface area contributed by atoms with E-state index in [-0.39, 0.29) is 23.7 Å². The molecule has 1 aromatic carbocycles. The summed E-state index contributed by atoms with van der Waals surface area (Å²) in [6.07, 6.45) is 1.87. The highest BCUT2D eigenvalue weighted by molar-refractivity contribution is 9.10. The van der Waals surface area contributed by atoms with E-state index < -0.39 is 0 Å². The molecule has 118 valence electrons. The summed E-state index contributed by atoms with van der Waals surface area (Å²) in [4.78, 5) is 11.7. The third-order valence-corrected chi connectivity index (χ3v) is 4.34. The van der Waals surface area contributed by atoms with Crippen molar-refractivity contribution in [3.05, 3.63) is 34.3 Å². The van der Waals surface area contributed by atoms with Gasteiger partial charge in [-0.3, -0.25) is 4.79 Å². The van der Waals surface area contributed by atoms with Crippen LogP contribution < -0.4 is 10.6 Å². The zero-order valence-corrected chi connectivity index (χ0v) is 14.6. The highest BCUT2D eigenvalue weighted by Crippen LogP contribution is 2.35. The van der Waals surface area contributed by atoms with Gasteiger partial charge in [0.15, 0.2) is 0 Å². The number of carbonyl (C=O) groups excluding carboxylic acids is 1. The lowest BCUT2D eigenvalue weighted by atomic mass is 9.74.